The van der Waals surface area contributed by atoms with Gasteiger partial charge in [0.15, 0.2) is 0 Å². The number of rotatable bonds is 7. The monoisotopic (exact) mass is 353 g/mol. The van der Waals surface area contributed by atoms with Crippen LogP contribution in [0.5, 0.6) is 0 Å². The first-order valence-electron chi connectivity index (χ1n) is 9.42. The molecule has 26 heavy (non-hydrogen) atoms. The fourth-order valence-corrected chi connectivity index (χ4v) is 3.50. The van der Waals surface area contributed by atoms with Gasteiger partial charge in [0.05, 0.1) is 6.54 Å². The summed E-state index contributed by atoms with van der Waals surface area (Å²) in [7, 11) is 2.20. The summed E-state index contributed by atoms with van der Waals surface area (Å²) in [6, 6.07) is 8.14. The molecule has 0 amide bonds. The molecule has 0 atom stereocenters. The Bertz CT molecular complexity index is 831. The number of nitrogens with zero attached hydrogens (tertiary/aromatic N) is 3. The van der Waals surface area contributed by atoms with Crippen LogP contribution < -0.4 is 5.32 Å². The highest BCUT2D eigenvalue weighted by molar-refractivity contribution is 5.91. The van der Waals surface area contributed by atoms with Crippen LogP contribution in [0.1, 0.15) is 12.2 Å². The number of H-pyrrole nitrogens is 1. The molecule has 138 valence electrons. The van der Waals surface area contributed by atoms with Crippen LogP contribution in [0.25, 0.3) is 22.4 Å². The van der Waals surface area contributed by atoms with E-state index in [9.17, 15) is 0 Å². The summed E-state index contributed by atoms with van der Waals surface area (Å²) in [5.74, 6) is 1.87. The molecular weight excluding hydrogens is 326 g/mol. The lowest BCUT2D eigenvalue weighted by molar-refractivity contribution is 0.152. The number of furan rings is 1. The summed E-state index contributed by atoms with van der Waals surface area (Å²) in [5, 5.41) is 4.59. The number of piperazine rings is 1. The molecule has 1 aliphatic rings. The maximum absolute atomic E-state index is 6.04. The van der Waals surface area contributed by atoms with E-state index in [1.165, 1.54) is 39.1 Å². The van der Waals surface area contributed by atoms with Crippen molar-refractivity contribution < 1.29 is 4.42 Å². The number of likely N-dealkylation sites (N-methyl/N-ethyl adjacent to an activating group) is 1. The number of aromatic amines is 1. The van der Waals surface area contributed by atoms with E-state index in [4.69, 9.17) is 4.42 Å². The molecule has 0 aromatic carbocycles. The third-order valence-electron chi connectivity index (χ3n) is 5.11. The summed E-state index contributed by atoms with van der Waals surface area (Å²) >= 11 is 0. The van der Waals surface area contributed by atoms with Gasteiger partial charge in [-0.1, -0.05) is 0 Å². The molecule has 0 bridgehead atoms. The molecule has 0 radical (unpaired) electrons. The molecule has 2 N–H and O–H groups in total. The lowest BCUT2D eigenvalue weighted by atomic mass is 10.1. The number of pyridine rings is 1. The third-order valence-corrected chi connectivity index (χ3v) is 5.11. The van der Waals surface area contributed by atoms with E-state index in [-0.39, 0.29) is 0 Å². The van der Waals surface area contributed by atoms with Gasteiger partial charge in [-0.05, 0) is 50.8 Å². The minimum absolute atomic E-state index is 0.768. The average Bonchev–Trinajstić information content (AvgIpc) is 3.32. The van der Waals surface area contributed by atoms with Crippen molar-refractivity contribution >= 4 is 11.0 Å². The van der Waals surface area contributed by atoms with Crippen LogP contribution in [0.2, 0.25) is 0 Å². The van der Waals surface area contributed by atoms with Crippen molar-refractivity contribution in [2.24, 2.45) is 0 Å². The van der Waals surface area contributed by atoms with Crippen LogP contribution in [0, 0.1) is 0 Å². The lowest BCUT2D eigenvalue weighted by Crippen LogP contribution is -2.45. The SMILES string of the molecule is CN1CCN(CCCNCc2ccc(-c3ccnc4[nH]ccc34)o2)CC1. The Kier molecular flexibility index (Phi) is 5.34. The summed E-state index contributed by atoms with van der Waals surface area (Å²) in [5.41, 5.74) is 1.97. The molecule has 0 aliphatic carbocycles. The Morgan fingerprint density at radius 2 is 2.04 bits per heavy atom. The summed E-state index contributed by atoms with van der Waals surface area (Å²) in [6.07, 6.45) is 4.89. The summed E-state index contributed by atoms with van der Waals surface area (Å²) < 4.78 is 6.04. The number of hydrogen-bond donors (Lipinski definition) is 2. The van der Waals surface area contributed by atoms with Crippen LogP contribution in [0.15, 0.2) is 41.1 Å². The molecule has 1 saturated heterocycles. The molecule has 6 nitrogen and oxygen atoms in total. The maximum Gasteiger partial charge on any atom is 0.137 e. The van der Waals surface area contributed by atoms with Gasteiger partial charge in [-0.3, -0.25) is 0 Å². The second kappa shape index (κ2) is 8.03. The molecule has 1 fully saturated rings. The first-order valence-corrected chi connectivity index (χ1v) is 9.42. The van der Waals surface area contributed by atoms with Gasteiger partial charge >= 0.3 is 0 Å². The minimum atomic E-state index is 0.768. The summed E-state index contributed by atoms with van der Waals surface area (Å²) in [4.78, 5) is 12.4. The van der Waals surface area contributed by atoms with Crippen molar-refractivity contribution in [1.29, 1.82) is 0 Å². The average molecular weight is 353 g/mol. The van der Waals surface area contributed by atoms with E-state index in [0.29, 0.717) is 0 Å². The van der Waals surface area contributed by atoms with Crippen molar-refractivity contribution in [1.82, 2.24) is 25.1 Å². The van der Waals surface area contributed by atoms with Gasteiger partial charge in [0, 0.05) is 49.5 Å². The Labute approximate surface area is 154 Å². The van der Waals surface area contributed by atoms with Gasteiger partial charge in [0.2, 0.25) is 0 Å². The topological polar surface area (TPSA) is 60.3 Å². The number of fused-ring (bicyclic) bond motifs is 1. The number of aromatic nitrogens is 2. The van der Waals surface area contributed by atoms with Crippen LogP contribution in [-0.4, -0.2) is 66.1 Å². The first-order chi connectivity index (χ1) is 12.8. The van der Waals surface area contributed by atoms with Crippen LogP contribution >= 0.6 is 0 Å². The van der Waals surface area contributed by atoms with Crippen LogP contribution in [0.4, 0.5) is 0 Å². The van der Waals surface area contributed by atoms with Gasteiger partial charge in [-0.15, -0.1) is 0 Å². The Balaban J connectivity index is 1.25. The fourth-order valence-electron chi connectivity index (χ4n) is 3.50. The standard InChI is InChI=1S/C20H27N5O/c1-24-11-13-25(14-12-24)10-2-7-21-15-16-3-4-19(26-16)17-5-8-22-20-18(17)6-9-23-20/h3-6,8-9,21H,2,7,10-15H2,1H3,(H,22,23). The van der Waals surface area contributed by atoms with E-state index < -0.39 is 0 Å². The predicted octanol–water partition coefficient (Wildman–Crippen LogP) is 2.55. The van der Waals surface area contributed by atoms with Crippen LogP contribution in [-0.2, 0) is 6.54 Å². The third kappa shape index (κ3) is 3.98. The first kappa shape index (κ1) is 17.3. The van der Waals surface area contributed by atoms with Crippen molar-refractivity contribution in [3.63, 3.8) is 0 Å². The molecule has 1 aliphatic heterocycles. The summed E-state index contributed by atoms with van der Waals surface area (Å²) in [6.45, 7) is 7.71. The molecule has 0 spiro atoms. The molecular formula is C20H27N5O. The molecule has 4 rings (SSSR count). The molecule has 3 aromatic heterocycles. The second-order valence-electron chi connectivity index (χ2n) is 7.04. The van der Waals surface area contributed by atoms with Crippen LogP contribution in [0.3, 0.4) is 0 Å². The largest absolute Gasteiger partial charge is 0.460 e. The smallest absolute Gasteiger partial charge is 0.137 e. The molecule has 3 aromatic rings. The highest BCUT2D eigenvalue weighted by Gasteiger charge is 2.13. The number of hydrogen-bond acceptors (Lipinski definition) is 5. The van der Waals surface area contributed by atoms with Crippen molar-refractivity contribution in [3.8, 4) is 11.3 Å². The van der Waals surface area contributed by atoms with E-state index >= 15 is 0 Å². The van der Waals surface area contributed by atoms with Gasteiger partial charge in [0.25, 0.3) is 0 Å². The zero-order chi connectivity index (χ0) is 17.8. The Morgan fingerprint density at radius 3 is 2.92 bits per heavy atom. The van der Waals surface area contributed by atoms with Gasteiger partial charge in [-0.2, -0.15) is 0 Å². The Hall–Kier alpha value is -2.15. The normalized spacial score (nSPS) is 16.5. The Morgan fingerprint density at radius 1 is 1.15 bits per heavy atom. The molecule has 6 heteroatoms. The van der Waals surface area contributed by atoms with Crippen molar-refractivity contribution in [2.45, 2.75) is 13.0 Å². The quantitative estimate of drug-likeness (QED) is 0.639. The van der Waals surface area contributed by atoms with Gasteiger partial charge in [-0.25, -0.2) is 4.98 Å². The second-order valence-corrected chi connectivity index (χ2v) is 7.04. The number of nitrogens with one attached hydrogen (secondary N) is 2. The lowest BCUT2D eigenvalue weighted by Gasteiger charge is -2.32. The highest BCUT2D eigenvalue weighted by Crippen LogP contribution is 2.28. The predicted molar refractivity (Wildman–Crippen MR) is 104 cm³/mol. The maximum atomic E-state index is 6.04. The highest BCUT2D eigenvalue weighted by atomic mass is 16.3. The minimum Gasteiger partial charge on any atom is -0.460 e. The van der Waals surface area contributed by atoms with Gasteiger partial charge in [0.1, 0.15) is 17.2 Å². The van der Waals surface area contributed by atoms with Crippen molar-refractivity contribution in [2.75, 3.05) is 46.3 Å². The molecule has 0 saturated carbocycles. The van der Waals surface area contributed by atoms with Gasteiger partial charge < -0.3 is 24.5 Å². The van der Waals surface area contributed by atoms with E-state index in [1.54, 1.807) is 0 Å². The van der Waals surface area contributed by atoms with E-state index in [0.717, 1.165) is 41.2 Å². The van der Waals surface area contributed by atoms with E-state index in [1.807, 2.05) is 30.6 Å². The fraction of sp³-hybridized carbons (Fsp3) is 0.450. The zero-order valence-corrected chi connectivity index (χ0v) is 15.4. The van der Waals surface area contributed by atoms with E-state index in [2.05, 4.69) is 38.2 Å². The molecule has 0 unspecified atom stereocenters. The zero-order valence-electron chi connectivity index (χ0n) is 15.4. The molecule has 4 heterocycles. The van der Waals surface area contributed by atoms with Crippen molar-refractivity contribution in [3.05, 3.63) is 42.4 Å².